The second-order valence-corrected chi connectivity index (χ2v) is 10.0. The molecule has 0 unspecified atom stereocenters. The van der Waals surface area contributed by atoms with E-state index in [1.165, 1.54) is 33.8 Å². The second-order valence-electron chi connectivity index (χ2n) is 6.63. The van der Waals surface area contributed by atoms with Crippen LogP contribution in [-0.2, 0) is 10.0 Å². The summed E-state index contributed by atoms with van der Waals surface area (Å²) in [7, 11) is -3.70. The second kappa shape index (κ2) is 8.39. The first-order valence-corrected chi connectivity index (χ1v) is 11.8. The monoisotopic (exact) mass is 451 g/mol. The van der Waals surface area contributed by atoms with Gasteiger partial charge in [0.25, 0.3) is 5.91 Å². The van der Waals surface area contributed by atoms with Gasteiger partial charge in [-0.3, -0.25) is 10.1 Å². The van der Waals surface area contributed by atoms with Crippen LogP contribution in [0.15, 0.2) is 35.2 Å². The van der Waals surface area contributed by atoms with Crippen molar-refractivity contribution < 1.29 is 13.2 Å². The number of nitrogens with zero attached hydrogens (tertiary/aromatic N) is 2. The Morgan fingerprint density at radius 3 is 2.52 bits per heavy atom. The van der Waals surface area contributed by atoms with Crippen molar-refractivity contribution in [3.63, 3.8) is 0 Å². The van der Waals surface area contributed by atoms with Crippen LogP contribution in [0.5, 0.6) is 0 Å². The van der Waals surface area contributed by atoms with Crippen LogP contribution < -0.4 is 5.32 Å². The molecule has 0 saturated carbocycles. The van der Waals surface area contributed by atoms with Crippen molar-refractivity contribution in [1.82, 2.24) is 9.29 Å². The average Bonchev–Trinajstić information content (AvgIpc) is 3.05. The summed E-state index contributed by atoms with van der Waals surface area (Å²) in [5.74, 6) is -0.500. The number of hydrogen-bond acceptors (Lipinski definition) is 5. The summed E-state index contributed by atoms with van der Waals surface area (Å²) >= 11 is 7.56. The average molecular weight is 452 g/mol. The van der Waals surface area contributed by atoms with Crippen LogP contribution in [0.1, 0.15) is 35.3 Å². The molecular weight excluding hydrogens is 430 g/mol. The molecule has 0 atom stereocenters. The first-order chi connectivity index (χ1) is 13.7. The van der Waals surface area contributed by atoms with Gasteiger partial charge in [-0.1, -0.05) is 42.9 Å². The van der Waals surface area contributed by atoms with Crippen molar-refractivity contribution in [3.8, 4) is 0 Å². The van der Waals surface area contributed by atoms with E-state index in [0.29, 0.717) is 18.2 Å². The molecule has 0 fully saturated rings. The molecule has 154 valence electrons. The Hall–Kier alpha value is -2.00. The van der Waals surface area contributed by atoms with E-state index in [0.717, 1.165) is 21.3 Å². The largest absolute Gasteiger partial charge is 0.298 e. The molecule has 1 N–H and O–H groups in total. The summed E-state index contributed by atoms with van der Waals surface area (Å²) in [6, 6.07) is 8.20. The highest BCUT2D eigenvalue weighted by Gasteiger charge is 2.24. The highest BCUT2D eigenvalue weighted by molar-refractivity contribution is 7.89. The first kappa shape index (κ1) is 21.7. The molecule has 3 aromatic rings. The number of aromatic nitrogens is 1. The molecule has 0 bridgehead atoms. The summed E-state index contributed by atoms with van der Waals surface area (Å²) in [6.45, 7) is 8.19. The number of halogens is 1. The summed E-state index contributed by atoms with van der Waals surface area (Å²) in [4.78, 5) is 17.3. The molecule has 0 spiro atoms. The van der Waals surface area contributed by atoms with Gasteiger partial charge in [-0.05, 0) is 49.2 Å². The van der Waals surface area contributed by atoms with Gasteiger partial charge < -0.3 is 0 Å². The lowest BCUT2D eigenvalue weighted by Gasteiger charge is -2.19. The molecule has 0 aliphatic heterocycles. The van der Waals surface area contributed by atoms with Gasteiger partial charge in [0, 0.05) is 13.1 Å². The number of hydrogen-bond donors (Lipinski definition) is 1. The van der Waals surface area contributed by atoms with Crippen LogP contribution in [-0.4, -0.2) is 36.7 Å². The lowest BCUT2D eigenvalue weighted by atomic mass is 10.1. The maximum absolute atomic E-state index is 12.8. The number of nitrogens with one attached hydrogen (secondary N) is 1. The van der Waals surface area contributed by atoms with Crippen LogP contribution in [0.4, 0.5) is 5.13 Å². The fraction of sp³-hybridized carbons (Fsp3) is 0.300. The quantitative estimate of drug-likeness (QED) is 0.581. The van der Waals surface area contributed by atoms with Crippen LogP contribution in [0.25, 0.3) is 10.2 Å². The lowest BCUT2D eigenvalue weighted by molar-refractivity contribution is 0.102. The maximum Gasteiger partial charge on any atom is 0.259 e. The number of aryl methyl sites for hydroxylation is 2. The Balaban J connectivity index is 1.95. The fourth-order valence-corrected chi connectivity index (χ4v) is 5.87. The lowest BCUT2D eigenvalue weighted by Crippen LogP contribution is -2.30. The van der Waals surface area contributed by atoms with E-state index in [2.05, 4.69) is 10.3 Å². The van der Waals surface area contributed by atoms with Crippen LogP contribution in [0, 0.1) is 13.8 Å². The zero-order valence-electron chi connectivity index (χ0n) is 16.6. The molecule has 0 radical (unpaired) electrons. The van der Waals surface area contributed by atoms with Crippen molar-refractivity contribution in [2.24, 2.45) is 0 Å². The third kappa shape index (κ3) is 4.30. The summed E-state index contributed by atoms with van der Waals surface area (Å²) in [6.07, 6.45) is 0. The van der Waals surface area contributed by atoms with Gasteiger partial charge >= 0.3 is 0 Å². The van der Waals surface area contributed by atoms with E-state index in [1.54, 1.807) is 13.8 Å². The molecule has 29 heavy (non-hydrogen) atoms. The van der Waals surface area contributed by atoms with E-state index in [9.17, 15) is 13.2 Å². The smallest absolute Gasteiger partial charge is 0.259 e. The number of sulfonamides is 1. The maximum atomic E-state index is 12.8. The molecule has 1 amide bonds. The van der Waals surface area contributed by atoms with Gasteiger partial charge in [-0.15, -0.1) is 0 Å². The number of fused-ring (bicyclic) bond motifs is 1. The fourth-order valence-electron chi connectivity index (χ4n) is 3.14. The topological polar surface area (TPSA) is 79.4 Å². The summed E-state index contributed by atoms with van der Waals surface area (Å²) in [5, 5.41) is 3.36. The number of anilines is 1. The van der Waals surface area contributed by atoms with Crippen molar-refractivity contribution in [1.29, 1.82) is 0 Å². The zero-order chi connectivity index (χ0) is 21.3. The van der Waals surface area contributed by atoms with Crippen molar-refractivity contribution in [2.75, 3.05) is 18.4 Å². The van der Waals surface area contributed by atoms with E-state index in [1.807, 2.05) is 26.0 Å². The van der Waals surface area contributed by atoms with Crippen molar-refractivity contribution in [2.45, 2.75) is 32.6 Å². The predicted octanol–water partition coefficient (Wildman–Crippen LogP) is 4.85. The van der Waals surface area contributed by atoms with Gasteiger partial charge in [-0.2, -0.15) is 4.31 Å². The Bertz CT molecular complexity index is 1190. The Morgan fingerprint density at radius 1 is 1.17 bits per heavy atom. The van der Waals surface area contributed by atoms with Crippen LogP contribution in [0.2, 0.25) is 5.02 Å². The van der Waals surface area contributed by atoms with E-state index in [-0.39, 0.29) is 15.5 Å². The van der Waals surface area contributed by atoms with Gasteiger partial charge in [0.1, 0.15) is 0 Å². The standard InChI is InChI=1S/C20H22ClN3O3S2/c1-5-24(6-2)29(26,27)14-7-8-16(21)15(11-14)19(25)23-20-22-18-13(4)9-12(3)10-17(18)28-20/h7-11H,5-6H2,1-4H3,(H,22,23,25). The van der Waals surface area contributed by atoms with E-state index >= 15 is 0 Å². The normalized spacial score (nSPS) is 11.9. The van der Waals surface area contributed by atoms with Gasteiger partial charge in [0.15, 0.2) is 5.13 Å². The zero-order valence-corrected chi connectivity index (χ0v) is 19.0. The first-order valence-electron chi connectivity index (χ1n) is 9.16. The summed E-state index contributed by atoms with van der Waals surface area (Å²) in [5.41, 5.74) is 3.07. The molecule has 1 heterocycles. The highest BCUT2D eigenvalue weighted by Crippen LogP contribution is 2.30. The van der Waals surface area contributed by atoms with E-state index < -0.39 is 15.9 Å². The minimum Gasteiger partial charge on any atom is -0.298 e. The number of carbonyl (C=O) groups is 1. The molecule has 0 aliphatic rings. The third-order valence-electron chi connectivity index (χ3n) is 4.58. The number of amides is 1. The molecule has 0 aliphatic carbocycles. The Labute approximate surface area is 179 Å². The minimum absolute atomic E-state index is 0.0338. The van der Waals surface area contributed by atoms with Crippen molar-refractivity contribution >= 4 is 54.2 Å². The number of rotatable bonds is 6. The van der Waals surface area contributed by atoms with Gasteiger partial charge in [-0.25, -0.2) is 13.4 Å². The molecule has 2 aromatic carbocycles. The van der Waals surface area contributed by atoms with Crippen LogP contribution >= 0.6 is 22.9 Å². The third-order valence-corrected chi connectivity index (χ3v) is 7.87. The Morgan fingerprint density at radius 2 is 1.86 bits per heavy atom. The molecule has 3 rings (SSSR count). The van der Waals surface area contributed by atoms with E-state index in [4.69, 9.17) is 11.6 Å². The predicted molar refractivity (Wildman–Crippen MR) is 119 cm³/mol. The Kier molecular flexibility index (Phi) is 6.28. The molecule has 6 nitrogen and oxygen atoms in total. The minimum atomic E-state index is -3.70. The summed E-state index contributed by atoms with van der Waals surface area (Å²) < 4.78 is 27.8. The number of thiazole rings is 1. The molecule has 0 saturated heterocycles. The van der Waals surface area contributed by atoms with Gasteiger partial charge in [0.2, 0.25) is 10.0 Å². The highest BCUT2D eigenvalue weighted by atomic mass is 35.5. The van der Waals surface area contributed by atoms with Crippen LogP contribution in [0.3, 0.4) is 0 Å². The van der Waals surface area contributed by atoms with Gasteiger partial charge in [0.05, 0.1) is 25.7 Å². The SMILES string of the molecule is CCN(CC)S(=O)(=O)c1ccc(Cl)c(C(=O)Nc2nc3c(C)cc(C)cc3s2)c1. The van der Waals surface area contributed by atoms with Crippen molar-refractivity contribution in [3.05, 3.63) is 52.0 Å². The molecule has 9 heteroatoms. The molecular formula is C20H22ClN3O3S2. The number of carbonyl (C=O) groups excluding carboxylic acids is 1. The molecule has 1 aromatic heterocycles. The number of benzene rings is 2.